The third kappa shape index (κ3) is 4.48. The van der Waals surface area contributed by atoms with Crippen molar-refractivity contribution in [3.63, 3.8) is 0 Å². The summed E-state index contributed by atoms with van der Waals surface area (Å²) in [6.45, 7) is 0.0213. The van der Waals surface area contributed by atoms with Gasteiger partial charge in [-0.05, 0) is 24.3 Å². The number of nitrogens with zero attached hydrogens (tertiary/aromatic N) is 2. The Morgan fingerprint density at radius 2 is 2.17 bits per heavy atom. The first kappa shape index (κ1) is 21.8. The quantitative estimate of drug-likeness (QED) is 0.184. The normalized spacial score (nSPS) is 14.7. The Balaban J connectivity index is 2.02. The second kappa shape index (κ2) is 9.30. The number of anilines is 1. The maximum absolute atomic E-state index is 13.0. The van der Waals surface area contributed by atoms with E-state index in [9.17, 15) is 14.9 Å². The number of halogens is 1. The number of methoxy groups -OCH3 is 1. The van der Waals surface area contributed by atoms with Crippen molar-refractivity contribution >= 4 is 67.6 Å². The van der Waals surface area contributed by atoms with Crippen LogP contribution in [0.15, 0.2) is 45.8 Å². The Labute approximate surface area is 190 Å². The number of thioether (sulfide) groups is 1. The van der Waals surface area contributed by atoms with Crippen LogP contribution in [0.3, 0.4) is 0 Å². The van der Waals surface area contributed by atoms with Gasteiger partial charge in [-0.15, -0.1) is 6.42 Å². The van der Waals surface area contributed by atoms with Crippen LogP contribution >= 0.6 is 39.9 Å². The Hall–Kier alpha value is -2.87. The maximum Gasteiger partial charge on any atom is 0.271 e. The molecule has 0 spiro atoms. The molecule has 1 heterocycles. The van der Waals surface area contributed by atoms with Crippen LogP contribution in [-0.2, 0) is 4.79 Å². The molecule has 30 heavy (non-hydrogen) atoms. The van der Waals surface area contributed by atoms with Crippen molar-refractivity contribution in [3.05, 3.63) is 61.5 Å². The van der Waals surface area contributed by atoms with E-state index in [1.165, 1.54) is 30.2 Å². The van der Waals surface area contributed by atoms with Crippen molar-refractivity contribution in [3.8, 4) is 23.8 Å². The van der Waals surface area contributed by atoms with Crippen molar-refractivity contribution in [2.45, 2.75) is 0 Å². The SMILES string of the molecule is C#CCOc1c(/C=C2\SC(=S)N(c3cccc([N+](=O)[O-])c3)C2=O)cc(Br)cc1OC. The molecule has 0 atom stereocenters. The lowest BCUT2D eigenvalue weighted by Crippen LogP contribution is -2.27. The number of non-ortho nitro benzene ring substituents is 1. The van der Waals surface area contributed by atoms with Crippen LogP contribution in [0.5, 0.6) is 11.5 Å². The largest absolute Gasteiger partial charge is 0.493 e. The number of hydrogen-bond acceptors (Lipinski definition) is 7. The number of terminal acetylenes is 1. The summed E-state index contributed by atoms with van der Waals surface area (Å²) in [7, 11) is 1.50. The predicted octanol–water partition coefficient (Wildman–Crippen LogP) is 4.78. The van der Waals surface area contributed by atoms with Gasteiger partial charge in [0.25, 0.3) is 11.6 Å². The van der Waals surface area contributed by atoms with E-state index < -0.39 is 10.8 Å². The van der Waals surface area contributed by atoms with Gasteiger partial charge in [0.15, 0.2) is 15.8 Å². The minimum absolute atomic E-state index is 0.0213. The van der Waals surface area contributed by atoms with Crippen molar-refractivity contribution in [2.75, 3.05) is 18.6 Å². The zero-order chi connectivity index (χ0) is 21.8. The molecule has 1 amide bonds. The van der Waals surface area contributed by atoms with Gasteiger partial charge < -0.3 is 9.47 Å². The van der Waals surface area contributed by atoms with Gasteiger partial charge >= 0.3 is 0 Å². The number of nitro benzene ring substituents is 1. The number of ether oxygens (including phenoxy) is 2. The summed E-state index contributed by atoms with van der Waals surface area (Å²) in [4.78, 5) is 25.2. The van der Waals surface area contributed by atoms with Gasteiger partial charge in [0.1, 0.15) is 6.61 Å². The Morgan fingerprint density at radius 3 is 2.83 bits per heavy atom. The van der Waals surface area contributed by atoms with E-state index in [1.807, 2.05) is 0 Å². The average molecular weight is 505 g/mol. The number of carbonyl (C=O) groups is 1. The fraction of sp³-hybridized carbons (Fsp3) is 0.100. The molecule has 152 valence electrons. The molecule has 0 unspecified atom stereocenters. The molecule has 0 radical (unpaired) electrons. The zero-order valence-corrected chi connectivity index (χ0v) is 18.7. The highest BCUT2D eigenvalue weighted by Crippen LogP contribution is 2.41. The number of hydrogen-bond donors (Lipinski definition) is 0. The number of amides is 1. The minimum Gasteiger partial charge on any atom is -0.493 e. The molecule has 7 nitrogen and oxygen atoms in total. The maximum atomic E-state index is 13.0. The average Bonchev–Trinajstić information content (AvgIpc) is 2.99. The first-order valence-electron chi connectivity index (χ1n) is 8.32. The summed E-state index contributed by atoms with van der Waals surface area (Å²) in [5.41, 5.74) is 0.758. The van der Waals surface area contributed by atoms with E-state index in [4.69, 9.17) is 28.1 Å². The number of nitro groups is 1. The Bertz CT molecular complexity index is 1130. The highest BCUT2D eigenvalue weighted by Gasteiger charge is 2.34. The zero-order valence-electron chi connectivity index (χ0n) is 15.5. The Kier molecular flexibility index (Phi) is 6.77. The number of thiocarbonyl (C=S) groups is 1. The van der Waals surface area contributed by atoms with E-state index in [0.717, 1.165) is 11.8 Å². The van der Waals surface area contributed by atoms with Crippen LogP contribution in [0, 0.1) is 22.5 Å². The minimum atomic E-state index is -0.528. The van der Waals surface area contributed by atoms with Crippen molar-refractivity contribution < 1.29 is 19.2 Å². The highest BCUT2D eigenvalue weighted by atomic mass is 79.9. The summed E-state index contributed by atoms with van der Waals surface area (Å²) in [5, 5.41) is 11.1. The molecule has 10 heteroatoms. The lowest BCUT2D eigenvalue weighted by atomic mass is 10.1. The molecular formula is C20H13BrN2O5S2. The predicted molar refractivity (Wildman–Crippen MR) is 124 cm³/mol. The van der Waals surface area contributed by atoms with E-state index in [0.29, 0.717) is 32.1 Å². The number of rotatable bonds is 6. The monoisotopic (exact) mass is 504 g/mol. The first-order chi connectivity index (χ1) is 14.3. The van der Waals surface area contributed by atoms with Crippen molar-refractivity contribution in [1.29, 1.82) is 0 Å². The molecule has 3 rings (SSSR count). The molecule has 1 saturated heterocycles. The van der Waals surface area contributed by atoms with Crippen molar-refractivity contribution in [1.82, 2.24) is 0 Å². The van der Waals surface area contributed by atoms with Gasteiger partial charge in [0.05, 0.1) is 22.6 Å². The van der Waals surface area contributed by atoms with Crippen LogP contribution in [-0.4, -0.2) is 28.9 Å². The van der Waals surface area contributed by atoms with E-state index in [1.54, 1.807) is 24.3 Å². The summed E-state index contributed by atoms with van der Waals surface area (Å²) in [5.74, 6) is 2.83. The third-order valence-corrected chi connectivity index (χ3v) is 5.71. The van der Waals surface area contributed by atoms with E-state index in [-0.39, 0.29) is 16.6 Å². The van der Waals surface area contributed by atoms with Crippen molar-refractivity contribution in [2.24, 2.45) is 0 Å². The first-order valence-corrected chi connectivity index (χ1v) is 10.3. The molecule has 1 aliphatic rings. The Morgan fingerprint density at radius 1 is 1.40 bits per heavy atom. The molecule has 2 aromatic carbocycles. The summed E-state index contributed by atoms with van der Waals surface area (Å²) < 4.78 is 12.0. The van der Waals surface area contributed by atoms with E-state index in [2.05, 4.69) is 21.9 Å². The molecule has 0 saturated carbocycles. The van der Waals surface area contributed by atoms with Crippen LogP contribution < -0.4 is 14.4 Å². The number of carbonyl (C=O) groups excluding carboxylic acids is 1. The fourth-order valence-corrected chi connectivity index (χ4v) is 4.44. The molecule has 0 N–H and O–H groups in total. The summed E-state index contributed by atoms with van der Waals surface area (Å²) in [6, 6.07) is 9.22. The van der Waals surface area contributed by atoms with Crippen LogP contribution in [0.2, 0.25) is 0 Å². The topological polar surface area (TPSA) is 81.9 Å². The van der Waals surface area contributed by atoms with Gasteiger partial charge in [0, 0.05) is 22.2 Å². The van der Waals surface area contributed by atoms with Gasteiger partial charge in [0.2, 0.25) is 0 Å². The molecule has 1 aliphatic heterocycles. The van der Waals surface area contributed by atoms with Gasteiger partial charge in [-0.3, -0.25) is 19.8 Å². The smallest absolute Gasteiger partial charge is 0.271 e. The van der Waals surface area contributed by atoms with Gasteiger partial charge in [-0.2, -0.15) is 0 Å². The van der Waals surface area contributed by atoms with Crippen LogP contribution in [0.4, 0.5) is 11.4 Å². The fourth-order valence-electron chi connectivity index (χ4n) is 2.69. The third-order valence-electron chi connectivity index (χ3n) is 3.95. The lowest BCUT2D eigenvalue weighted by molar-refractivity contribution is -0.384. The molecule has 0 aliphatic carbocycles. The number of benzene rings is 2. The molecule has 2 aromatic rings. The van der Waals surface area contributed by atoms with Crippen LogP contribution in [0.1, 0.15) is 5.56 Å². The lowest BCUT2D eigenvalue weighted by Gasteiger charge is -2.14. The van der Waals surface area contributed by atoms with Gasteiger partial charge in [-0.25, -0.2) is 0 Å². The molecular weight excluding hydrogens is 492 g/mol. The summed E-state index contributed by atoms with van der Waals surface area (Å²) >= 11 is 9.84. The van der Waals surface area contributed by atoms with Gasteiger partial charge in [-0.1, -0.05) is 51.9 Å². The summed E-state index contributed by atoms with van der Waals surface area (Å²) in [6.07, 6.45) is 6.92. The van der Waals surface area contributed by atoms with E-state index >= 15 is 0 Å². The highest BCUT2D eigenvalue weighted by molar-refractivity contribution is 9.10. The van der Waals surface area contributed by atoms with Crippen LogP contribution in [0.25, 0.3) is 6.08 Å². The molecule has 1 fully saturated rings. The second-order valence-corrected chi connectivity index (χ2v) is 8.40. The second-order valence-electron chi connectivity index (χ2n) is 5.81. The standard InChI is InChI=1S/C20H13BrN2O5S2/c1-3-7-28-18-12(8-13(21)10-16(18)27-2)9-17-19(24)22(20(29)30-17)14-5-4-6-15(11-14)23(25)26/h1,4-6,8-11H,7H2,2H3/b17-9-. The molecule has 0 aromatic heterocycles. The molecule has 0 bridgehead atoms.